The van der Waals surface area contributed by atoms with Crippen molar-refractivity contribution in [2.45, 2.75) is 18.4 Å². The van der Waals surface area contributed by atoms with Crippen molar-refractivity contribution < 1.29 is 4.39 Å². The molecule has 2 aromatic rings. The van der Waals surface area contributed by atoms with E-state index in [9.17, 15) is 9.18 Å². The van der Waals surface area contributed by atoms with Crippen molar-refractivity contribution >= 4 is 0 Å². The van der Waals surface area contributed by atoms with Crippen molar-refractivity contribution in [3.05, 3.63) is 40.1 Å². The highest BCUT2D eigenvalue weighted by atomic mass is 19.1. The Morgan fingerprint density at radius 3 is 2.72 bits per heavy atom. The van der Waals surface area contributed by atoms with Gasteiger partial charge in [-0.3, -0.25) is 0 Å². The molecule has 1 fully saturated rings. The lowest BCUT2D eigenvalue weighted by atomic mass is 10.1. The summed E-state index contributed by atoms with van der Waals surface area (Å²) in [5, 5.41) is 7.34. The zero-order chi connectivity index (χ0) is 12.9. The fourth-order valence-corrected chi connectivity index (χ4v) is 1.99. The van der Waals surface area contributed by atoms with Gasteiger partial charge in [0, 0.05) is 19.0 Å². The van der Waals surface area contributed by atoms with Crippen LogP contribution in [-0.4, -0.2) is 25.8 Å². The average molecular weight is 249 g/mol. The van der Waals surface area contributed by atoms with Gasteiger partial charge in [-0.1, -0.05) is 0 Å². The molecule has 6 nitrogen and oxygen atoms in total. The van der Waals surface area contributed by atoms with Gasteiger partial charge in [0.2, 0.25) is 0 Å². The molecule has 2 N–H and O–H groups in total. The summed E-state index contributed by atoms with van der Waals surface area (Å²) in [4.78, 5) is 11.7. The molecule has 1 saturated carbocycles. The Kier molecular flexibility index (Phi) is 2.30. The maximum atomic E-state index is 13.7. The maximum absolute atomic E-state index is 13.7. The zero-order valence-electron chi connectivity index (χ0n) is 9.75. The second kappa shape index (κ2) is 3.74. The van der Waals surface area contributed by atoms with E-state index < -0.39 is 0 Å². The SMILES string of the molecule is Cn1nnn(-c2ccc(F)c(C3CC3N)c2)c1=O. The predicted octanol–water partition coefficient (Wildman–Crippen LogP) is -0.0803. The molecule has 7 heteroatoms. The number of aryl methyl sites for hydroxylation is 1. The van der Waals surface area contributed by atoms with E-state index in [0.717, 1.165) is 15.8 Å². The van der Waals surface area contributed by atoms with Crippen LogP contribution in [0.2, 0.25) is 0 Å². The number of hydrogen-bond donors (Lipinski definition) is 1. The van der Waals surface area contributed by atoms with E-state index in [1.54, 1.807) is 6.07 Å². The molecule has 2 unspecified atom stereocenters. The molecule has 0 aliphatic heterocycles. The highest BCUT2D eigenvalue weighted by Gasteiger charge is 2.37. The van der Waals surface area contributed by atoms with Gasteiger partial charge in [0.05, 0.1) is 5.69 Å². The number of tetrazole rings is 1. The van der Waals surface area contributed by atoms with Crippen LogP contribution in [0.1, 0.15) is 17.9 Å². The summed E-state index contributed by atoms with van der Waals surface area (Å²) in [6, 6.07) is 4.45. The Labute approximate surface area is 102 Å². The zero-order valence-corrected chi connectivity index (χ0v) is 9.75. The van der Waals surface area contributed by atoms with Crippen LogP contribution in [0, 0.1) is 5.82 Å². The number of nitrogens with two attached hydrogens (primary N) is 1. The monoisotopic (exact) mass is 249 g/mol. The van der Waals surface area contributed by atoms with Crippen LogP contribution >= 0.6 is 0 Å². The smallest absolute Gasteiger partial charge is 0.327 e. The molecule has 1 aliphatic rings. The number of halogens is 1. The average Bonchev–Trinajstić information content (AvgIpc) is 2.98. The van der Waals surface area contributed by atoms with Crippen LogP contribution in [0.4, 0.5) is 4.39 Å². The first kappa shape index (κ1) is 11.1. The Balaban J connectivity index is 2.08. The quantitative estimate of drug-likeness (QED) is 0.807. The van der Waals surface area contributed by atoms with Gasteiger partial charge in [0.15, 0.2) is 0 Å². The minimum atomic E-state index is -0.368. The van der Waals surface area contributed by atoms with Crippen molar-refractivity contribution in [2.24, 2.45) is 12.8 Å². The number of hydrogen-bond acceptors (Lipinski definition) is 4. The number of aromatic nitrogens is 4. The highest BCUT2D eigenvalue weighted by molar-refractivity contribution is 5.40. The van der Waals surface area contributed by atoms with Gasteiger partial charge in [-0.05, 0) is 40.6 Å². The van der Waals surface area contributed by atoms with E-state index >= 15 is 0 Å². The van der Waals surface area contributed by atoms with E-state index in [1.165, 1.54) is 19.2 Å². The molecular weight excluding hydrogens is 237 g/mol. The molecule has 0 bridgehead atoms. The molecule has 1 aromatic carbocycles. The van der Waals surface area contributed by atoms with Crippen LogP contribution in [-0.2, 0) is 7.05 Å². The summed E-state index contributed by atoms with van der Waals surface area (Å²) < 4.78 is 15.9. The summed E-state index contributed by atoms with van der Waals surface area (Å²) in [5.74, 6) is -0.258. The third-order valence-electron chi connectivity index (χ3n) is 3.19. The topological polar surface area (TPSA) is 78.7 Å². The Bertz CT molecular complexity index is 662. The third-order valence-corrected chi connectivity index (χ3v) is 3.19. The number of benzene rings is 1. The maximum Gasteiger partial charge on any atom is 0.368 e. The molecule has 1 heterocycles. The standard InChI is InChI=1S/C11H12FN5O/c1-16-11(18)17(15-14-16)6-2-3-9(12)7(4-6)8-5-10(8)13/h2-4,8,10H,5,13H2,1H3. The van der Waals surface area contributed by atoms with Gasteiger partial charge in [-0.2, -0.15) is 9.36 Å². The molecule has 1 aliphatic carbocycles. The summed E-state index contributed by atoms with van der Waals surface area (Å²) in [5.41, 5.74) is 6.40. The van der Waals surface area contributed by atoms with Crippen LogP contribution in [0.25, 0.3) is 5.69 Å². The van der Waals surface area contributed by atoms with E-state index in [1.807, 2.05) is 0 Å². The molecule has 2 atom stereocenters. The second-order valence-electron chi connectivity index (χ2n) is 4.51. The molecule has 18 heavy (non-hydrogen) atoms. The normalized spacial score (nSPS) is 22.2. The van der Waals surface area contributed by atoms with Gasteiger partial charge < -0.3 is 5.73 Å². The fourth-order valence-electron chi connectivity index (χ4n) is 1.99. The molecule has 94 valence electrons. The largest absolute Gasteiger partial charge is 0.368 e. The predicted molar refractivity (Wildman–Crippen MR) is 61.9 cm³/mol. The van der Waals surface area contributed by atoms with Crippen molar-refractivity contribution in [3.8, 4) is 5.69 Å². The van der Waals surface area contributed by atoms with Crippen LogP contribution in [0.3, 0.4) is 0 Å². The molecule has 1 aromatic heterocycles. The summed E-state index contributed by atoms with van der Waals surface area (Å²) >= 11 is 0. The van der Waals surface area contributed by atoms with Crippen molar-refractivity contribution in [3.63, 3.8) is 0 Å². The lowest BCUT2D eigenvalue weighted by molar-refractivity contribution is 0.608. The van der Waals surface area contributed by atoms with Crippen molar-refractivity contribution in [1.29, 1.82) is 0 Å². The fraction of sp³-hybridized carbons (Fsp3) is 0.364. The highest BCUT2D eigenvalue weighted by Crippen LogP contribution is 2.40. The molecule has 0 saturated heterocycles. The van der Waals surface area contributed by atoms with Crippen molar-refractivity contribution in [1.82, 2.24) is 19.8 Å². The Hall–Kier alpha value is -2.02. The first-order valence-electron chi connectivity index (χ1n) is 5.62. The first-order valence-corrected chi connectivity index (χ1v) is 5.62. The van der Waals surface area contributed by atoms with E-state index in [0.29, 0.717) is 11.3 Å². The van der Waals surface area contributed by atoms with Crippen LogP contribution in [0.5, 0.6) is 0 Å². The lowest BCUT2D eigenvalue weighted by Gasteiger charge is -2.04. The van der Waals surface area contributed by atoms with Gasteiger partial charge in [-0.25, -0.2) is 9.18 Å². The van der Waals surface area contributed by atoms with E-state index in [4.69, 9.17) is 5.73 Å². The van der Waals surface area contributed by atoms with Gasteiger partial charge >= 0.3 is 5.69 Å². The summed E-state index contributed by atoms with van der Waals surface area (Å²) in [7, 11) is 1.51. The molecule has 0 spiro atoms. The minimum absolute atomic E-state index is 0.00771. The third kappa shape index (κ3) is 1.63. The van der Waals surface area contributed by atoms with E-state index in [2.05, 4.69) is 10.4 Å². The number of nitrogens with zero attached hydrogens (tertiary/aromatic N) is 4. The molecule has 3 rings (SSSR count). The molecule has 0 radical (unpaired) electrons. The van der Waals surface area contributed by atoms with Crippen molar-refractivity contribution in [2.75, 3.05) is 0 Å². The van der Waals surface area contributed by atoms with Crippen LogP contribution < -0.4 is 11.4 Å². The second-order valence-corrected chi connectivity index (χ2v) is 4.51. The lowest BCUT2D eigenvalue weighted by Crippen LogP contribution is -2.22. The summed E-state index contributed by atoms with van der Waals surface area (Å²) in [6.45, 7) is 0. The number of rotatable bonds is 2. The van der Waals surface area contributed by atoms with Crippen LogP contribution in [0.15, 0.2) is 23.0 Å². The molecule has 0 amide bonds. The summed E-state index contributed by atoms with van der Waals surface area (Å²) in [6.07, 6.45) is 0.774. The Morgan fingerprint density at radius 2 is 2.17 bits per heavy atom. The van der Waals surface area contributed by atoms with E-state index in [-0.39, 0.29) is 23.5 Å². The van der Waals surface area contributed by atoms with Gasteiger partial charge in [0.1, 0.15) is 5.82 Å². The Morgan fingerprint density at radius 1 is 1.44 bits per heavy atom. The molecular formula is C11H12FN5O. The van der Waals surface area contributed by atoms with Gasteiger partial charge in [0.25, 0.3) is 0 Å². The van der Waals surface area contributed by atoms with Gasteiger partial charge in [-0.15, -0.1) is 0 Å². The minimum Gasteiger partial charge on any atom is -0.327 e. The first-order chi connectivity index (χ1) is 8.58.